The molecule has 152 valence electrons. The highest BCUT2D eigenvalue weighted by molar-refractivity contribution is 7.19. The van der Waals surface area contributed by atoms with Crippen LogP contribution in [0.25, 0.3) is 21.5 Å². The second kappa shape index (κ2) is 7.46. The van der Waals surface area contributed by atoms with E-state index in [2.05, 4.69) is 56.6 Å². The highest BCUT2D eigenvalue weighted by atomic mass is 32.1. The van der Waals surface area contributed by atoms with Gasteiger partial charge in [-0.1, -0.05) is 23.4 Å². The zero-order chi connectivity index (χ0) is 20.7. The van der Waals surface area contributed by atoms with Crippen molar-refractivity contribution < 1.29 is 9.57 Å². The van der Waals surface area contributed by atoms with E-state index in [1.807, 2.05) is 25.3 Å². The van der Waals surface area contributed by atoms with Gasteiger partial charge in [-0.25, -0.2) is 9.97 Å². The van der Waals surface area contributed by atoms with E-state index in [0.29, 0.717) is 24.0 Å². The van der Waals surface area contributed by atoms with Crippen LogP contribution in [-0.2, 0) is 4.84 Å². The SMILES string of the molecule is COc1nc(C2=NOCC(c3sc4ccccc4c3C)N2)ccc1-c1nc(C)c[nH]1. The van der Waals surface area contributed by atoms with Crippen molar-refractivity contribution >= 4 is 27.3 Å². The molecular weight excluding hydrogens is 398 g/mol. The normalized spacial score (nSPS) is 16.1. The average molecular weight is 420 g/mol. The van der Waals surface area contributed by atoms with Crippen molar-refractivity contribution in [1.29, 1.82) is 0 Å². The third-order valence-corrected chi connectivity index (χ3v) is 6.55. The number of benzene rings is 1. The van der Waals surface area contributed by atoms with Crippen molar-refractivity contribution in [2.24, 2.45) is 5.16 Å². The van der Waals surface area contributed by atoms with Crippen LogP contribution >= 0.6 is 11.3 Å². The minimum absolute atomic E-state index is 0.00935. The molecular formula is C22H21N5O2S. The van der Waals surface area contributed by atoms with Crippen LogP contribution in [0.2, 0.25) is 0 Å². The number of H-pyrrole nitrogens is 1. The first-order valence-corrected chi connectivity index (χ1v) is 10.5. The number of ether oxygens (including phenoxy) is 1. The summed E-state index contributed by atoms with van der Waals surface area (Å²) in [5, 5.41) is 8.98. The number of amidine groups is 1. The van der Waals surface area contributed by atoms with Crippen LogP contribution in [0.4, 0.5) is 0 Å². The number of fused-ring (bicyclic) bond motifs is 1. The number of rotatable bonds is 4. The summed E-state index contributed by atoms with van der Waals surface area (Å²) in [6, 6.07) is 12.3. The number of nitrogens with one attached hydrogen (secondary N) is 2. The van der Waals surface area contributed by atoms with Crippen molar-refractivity contribution in [3.63, 3.8) is 0 Å². The summed E-state index contributed by atoms with van der Waals surface area (Å²) in [5.74, 6) is 1.78. The fourth-order valence-electron chi connectivity index (χ4n) is 3.66. The Hall–Kier alpha value is -3.39. The van der Waals surface area contributed by atoms with Crippen LogP contribution in [0, 0.1) is 13.8 Å². The summed E-state index contributed by atoms with van der Waals surface area (Å²) in [4.78, 5) is 19.1. The molecule has 0 amide bonds. The zero-order valence-electron chi connectivity index (χ0n) is 16.9. The molecule has 1 aliphatic rings. The second-order valence-corrected chi connectivity index (χ2v) is 8.25. The molecule has 4 aromatic rings. The molecule has 0 fully saturated rings. The number of hydrogen-bond acceptors (Lipinski definition) is 7. The summed E-state index contributed by atoms with van der Waals surface area (Å²) < 4.78 is 6.79. The highest BCUT2D eigenvalue weighted by Gasteiger charge is 2.25. The van der Waals surface area contributed by atoms with Gasteiger partial charge in [-0.05, 0) is 43.0 Å². The number of oxime groups is 1. The molecule has 4 heterocycles. The molecule has 1 aliphatic heterocycles. The van der Waals surface area contributed by atoms with E-state index in [1.54, 1.807) is 18.4 Å². The second-order valence-electron chi connectivity index (χ2n) is 7.16. The van der Waals surface area contributed by atoms with Gasteiger partial charge in [0, 0.05) is 15.8 Å². The van der Waals surface area contributed by atoms with E-state index in [4.69, 9.17) is 9.57 Å². The van der Waals surface area contributed by atoms with Crippen molar-refractivity contribution in [2.75, 3.05) is 13.7 Å². The quantitative estimate of drug-likeness (QED) is 0.514. The van der Waals surface area contributed by atoms with Gasteiger partial charge in [-0.15, -0.1) is 11.3 Å². The number of aryl methyl sites for hydroxylation is 2. The Labute approximate surface area is 177 Å². The standard InChI is InChI=1S/C22H21N5O2S/c1-12-10-23-20(24-12)15-8-9-16(26-22(15)28-3)21-25-17(11-29-27-21)19-13(2)14-6-4-5-7-18(14)30-19/h4-10,17H,11H2,1-3H3,(H,23,24)(H,25,27). The lowest BCUT2D eigenvalue weighted by Gasteiger charge is -2.24. The minimum atomic E-state index is 0.00935. The van der Waals surface area contributed by atoms with Crippen molar-refractivity contribution in [2.45, 2.75) is 19.9 Å². The first-order valence-electron chi connectivity index (χ1n) is 9.66. The topological polar surface area (TPSA) is 84.4 Å². The number of methoxy groups -OCH3 is 1. The van der Waals surface area contributed by atoms with E-state index in [-0.39, 0.29) is 6.04 Å². The molecule has 0 bridgehead atoms. The van der Waals surface area contributed by atoms with E-state index in [9.17, 15) is 0 Å². The third kappa shape index (κ3) is 3.19. The van der Waals surface area contributed by atoms with Crippen LogP contribution in [0.1, 0.15) is 27.9 Å². The first-order chi connectivity index (χ1) is 14.6. The number of hydrogen-bond donors (Lipinski definition) is 2. The number of pyridine rings is 1. The predicted octanol–water partition coefficient (Wildman–Crippen LogP) is 4.33. The minimum Gasteiger partial charge on any atom is -0.480 e. The highest BCUT2D eigenvalue weighted by Crippen LogP contribution is 2.36. The smallest absolute Gasteiger partial charge is 0.224 e. The van der Waals surface area contributed by atoms with Gasteiger partial charge in [0.05, 0.1) is 24.4 Å². The summed E-state index contributed by atoms with van der Waals surface area (Å²) >= 11 is 1.78. The lowest BCUT2D eigenvalue weighted by molar-refractivity contribution is 0.110. The van der Waals surface area contributed by atoms with E-state index in [0.717, 1.165) is 17.1 Å². The Bertz CT molecular complexity index is 1260. The number of imidazole rings is 1. The van der Waals surface area contributed by atoms with Crippen molar-refractivity contribution in [3.8, 4) is 17.3 Å². The summed E-state index contributed by atoms with van der Waals surface area (Å²) in [7, 11) is 1.60. The molecule has 1 aromatic carbocycles. The predicted molar refractivity (Wildman–Crippen MR) is 118 cm³/mol. The Balaban J connectivity index is 1.46. The van der Waals surface area contributed by atoms with Gasteiger partial charge in [0.1, 0.15) is 18.1 Å². The van der Waals surface area contributed by atoms with Gasteiger partial charge in [0.15, 0.2) is 5.84 Å². The van der Waals surface area contributed by atoms with Gasteiger partial charge >= 0.3 is 0 Å². The van der Waals surface area contributed by atoms with Gasteiger partial charge < -0.3 is 19.9 Å². The molecule has 0 saturated heterocycles. The molecule has 1 unspecified atom stereocenters. The Morgan fingerprint density at radius 3 is 2.77 bits per heavy atom. The van der Waals surface area contributed by atoms with Crippen LogP contribution in [0.15, 0.2) is 47.8 Å². The fraction of sp³-hybridized carbons (Fsp3) is 0.227. The lowest BCUT2D eigenvalue weighted by Crippen LogP contribution is -2.36. The van der Waals surface area contributed by atoms with Gasteiger partial charge in [0.2, 0.25) is 5.88 Å². The van der Waals surface area contributed by atoms with Crippen molar-refractivity contribution in [3.05, 3.63) is 64.4 Å². The molecule has 5 rings (SSSR count). The lowest BCUT2D eigenvalue weighted by atomic mass is 10.1. The molecule has 0 saturated carbocycles. The Morgan fingerprint density at radius 1 is 1.13 bits per heavy atom. The zero-order valence-corrected chi connectivity index (χ0v) is 17.7. The largest absolute Gasteiger partial charge is 0.480 e. The number of thiophene rings is 1. The average Bonchev–Trinajstić information content (AvgIpc) is 3.37. The molecule has 0 aliphatic carbocycles. The molecule has 0 radical (unpaired) electrons. The maximum Gasteiger partial charge on any atom is 0.224 e. The van der Waals surface area contributed by atoms with Crippen LogP contribution in [0.5, 0.6) is 5.88 Å². The maximum absolute atomic E-state index is 5.58. The van der Waals surface area contributed by atoms with Crippen LogP contribution in [-0.4, -0.2) is 34.5 Å². The molecule has 2 N–H and O–H groups in total. The Morgan fingerprint density at radius 2 is 2.00 bits per heavy atom. The molecule has 7 nitrogen and oxygen atoms in total. The number of nitrogens with zero attached hydrogens (tertiary/aromatic N) is 3. The molecule has 3 aromatic heterocycles. The maximum atomic E-state index is 5.58. The van der Waals surface area contributed by atoms with Gasteiger partial charge in [-0.3, -0.25) is 0 Å². The third-order valence-electron chi connectivity index (χ3n) is 5.16. The van der Waals surface area contributed by atoms with E-state index < -0.39 is 0 Å². The van der Waals surface area contributed by atoms with Crippen molar-refractivity contribution in [1.82, 2.24) is 20.3 Å². The Kier molecular flexibility index (Phi) is 4.63. The van der Waals surface area contributed by atoms with Crippen LogP contribution < -0.4 is 10.1 Å². The van der Waals surface area contributed by atoms with Gasteiger partial charge in [0.25, 0.3) is 0 Å². The first kappa shape index (κ1) is 18.6. The number of aromatic nitrogens is 3. The molecule has 8 heteroatoms. The molecule has 30 heavy (non-hydrogen) atoms. The number of aromatic amines is 1. The molecule has 0 spiro atoms. The monoisotopic (exact) mass is 419 g/mol. The fourth-order valence-corrected chi connectivity index (χ4v) is 4.90. The van der Waals surface area contributed by atoms with Crippen LogP contribution in [0.3, 0.4) is 0 Å². The summed E-state index contributed by atoms with van der Waals surface area (Å²) in [6.07, 6.45) is 1.85. The van der Waals surface area contributed by atoms with Gasteiger partial charge in [-0.2, -0.15) is 0 Å². The van der Waals surface area contributed by atoms with E-state index >= 15 is 0 Å². The summed E-state index contributed by atoms with van der Waals surface area (Å²) in [6.45, 7) is 4.56. The molecule has 1 atom stereocenters. The van der Waals surface area contributed by atoms with E-state index in [1.165, 1.54) is 20.5 Å². The summed E-state index contributed by atoms with van der Waals surface area (Å²) in [5.41, 5.74) is 3.63.